The van der Waals surface area contributed by atoms with E-state index in [2.05, 4.69) is 6.58 Å². The second-order valence-corrected chi connectivity index (χ2v) is 10.8. The summed E-state index contributed by atoms with van der Waals surface area (Å²) in [6, 6.07) is 9.16. The molecule has 2 heterocycles. The minimum atomic E-state index is -1.57. The highest BCUT2D eigenvalue weighted by Gasteiger charge is 2.35. The van der Waals surface area contributed by atoms with Gasteiger partial charge in [0.1, 0.15) is 28.9 Å². The predicted octanol–water partition coefficient (Wildman–Crippen LogP) is 5.39. The van der Waals surface area contributed by atoms with Gasteiger partial charge in [0.05, 0.1) is 55.3 Å². The Morgan fingerprint density at radius 2 is 1.28 bits per heavy atom. The average molecular weight is 693 g/mol. The summed E-state index contributed by atoms with van der Waals surface area (Å²) in [5.41, 5.74) is -0.928. The van der Waals surface area contributed by atoms with Gasteiger partial charge in [-0.1, -0.05) is 6.58 Å². The summed E-state index contributed by atoms with van der Waals surface area (Å²) in [7, 11) is 9.50. The molecule has 14 nitrogen and oxygen atoms in total. The van der Waals surface area contributed by atoms with Gasteiger partial charge >= 0.3 is 5.63 Å². The molecule has 0 aliphatic rings. The molecule has 0 bridgehead atoms. The maximum atomic E-state index is 14.0. The fourth-order valence-corrected chi connectivity index (χ4v) is 5.70. The van der Waals surface area contributed by atoms with Gasteiger partial charge in [-0.15, -0.1) is 0 Å². The Hall–Kier alpha value is -6.02. The Morgan fingerprint density at radius 3 is 1.82 bits per heavy atom. The number of methoxy groups -OCH3 is 7. The molecular formula is C36H36O14. The van der Waals surface area contributed by atoms with Crippen LogP contribution < -0.4 is 48.9 Å². The number of ether oxygens (including phenoxy) is 8. The van der Waals surface area contributed by atoms with E-state index in [9.17, 15) is 19.8 Å². The summed E-state index contributed by atoms with van der Waals surface area (Å²) in [6.45, 7) is 5.59. The molecule has 0 saturated heterocycles. The molecule has 0 fully saturated rings. The van der Waals surface area contributed by atoms with Gasteiger partial charge in [0.15, 0.2) is 28.6 Å². The van der Waals surface area contributed by atoms with Gasteiger partial charge in [0.25, 0.3) is 0 Å². The number of aliphatic hydroxyl groups is 1. The normalized spacial score (nSPS) is 12.3. The van der Waals surface area contributed by atoms with Crippen molar-refractivity contribution in [1.29, 1.82) is 0 Å². The maximum absolute atomic E-state index is 14.0. The lowest BCUT2D eigenvalue weighted by Gasteiger charge is -2.28. The Bertz CT molecular complexity index is 2190. The first kappa shape index (κ1) is 35.3. The molecule has 14 heteroatoms. The van der Waals surface area contributed by atoms with E-state index in [1.54, 1.807) is 37.3 Å². The molecule has 0 spiro atoms. The van der Waals surface area contributed by atoms with Crippen LogP contribution in [0, 0.1) is 0 Å². The van der Waals surface area contributed by atoms with E-state index in [4.69, 9.17) is 46.7 Å². The number of phenolic OH excluding ortho intramolecular Hbond substituents is 1. The fourth-order valence-electron chi connectivity index (χ4n) is 5.70. The first-order chi connectivity index (χ1) is 24.0. The number of hydrogen-bond acceptors (Lipinski definition) is 14. The van der Waals surface area contributed by atoms with Crippen LogP contribution in [0.4, 0.5) is 0 Å². The lowest BCUT2D eigenvalue weighted by Crippen LogP contribution is -2.27. The quantitative estimate of drug-likeness (QED) is 0.119. The van der Waals surface area contributed by atoms with Crippen LogP contribution in [0.25, 0.3) is 33.3 Å². The van der Waals surface area contributed by atoms with Crippen molar-refractivity contribution in [1.82, 2.24) is 0 Å². The molecule has 0 aliphatic carbocycles. The molecular weight excluding hydrogens is 656 g/mol. The van der Waals surface area contributed by atoms with Crippen molar-refractivity contribution in [3.8, 4) is 63.1 Å². The second-order valence-electron chi connectivity index (χ2n) is 10.8. The molecule has 2 N–H and O–H groups in total. The summed E-state index contributed by atoms with van der Waals surface area (Å²) < 4.78 is 56.8. The third-order valence-corrected chi connectivity index (χ3v) is 8.00. The van der Waals surface area contributed by atoms with Crippen molar-refractivity contribution in [2.45, 2.75) is 19.1 Å². The number of hydrogen-bond donors (Lipinski definition) is 2. The van der Waals surface area contributed by atoms with E-state index in [-0.39, 0.29) is 73.7 Å². The predicted molar refractivity (Wildman–Crippen MR) is 182 cm³/mol. The molecule has 0 unspecified atom stereocenters. The topological polar surface area (TPSA) is 175 Å². The largest absolute Gasteiger partial charge is 0.504 e. The molecule has 5 aromatic rings. The number of aromatic hydroxyl groups is 1. The van der Waals surface area contributed by atoms with Crippen LogP contribution in [0.1, 0.15) is 18.6 Å². The molecule has 5 rings (SSSR count). The smallest absolute Gasteiger partial charge is 0.336 e. The highest BCUT2D eigenvalue weighted by molar-refractivity contribution is 5.96. The molecule has 0 saturated carbocycles. The SMILES string of the molecule is C=C(C)[C@@H](Oc1c(OC)c(O)c2c(=O)c(OC)c(-c3cc(OC)c(OC)c(OC)c3)oc2c1OC)[C@@H](O)c1c(OC)ccc2ccc(=O)oc12. The van der Waals surface area contributed by atoms with E-state index in [0.29, 0.717) is 16.7 Å². The van der Waals surface area contributed by atoms with E-state index < -0.39 is 29.0 Å². The Morgan fingerprint density at radius 1 is 0.700 bits per heavy atom. The van der Waals surface area contributed by atoms with Gasteiger partial charge in [-0.3, -0.25) is 4.79 Å². The van der Waals surface area contributed by atoms with E-state index in [1.165, 1.54) is 55.8 Å². The molecule has 0 amide bonds. The van der Waals surface area contributed by atoms with Crippen molar-refractivity contribution < 1.29 is 56.9 Å². The number of rotatable bonds is 13. The first-order valence-corrected chi connectivity index (χ1v) is 14.9. The first-order valence-electron chi connectivity index (χ1n) is 14.9. The summed E-state index contributed by atoms with van der Waals surface area (Å²) in [4.78, 5) is 26.2. The van der Waals surface area contributed by atoms with Crippen LogP contribution in [0.15, 0.2) is 67.0 Å². The molecule has 2 atom stereocenters. The highest BCUT2D eigenvalue weighted by Crippen LogP contribution is 2.53. The minimum Gasteiger partial charge on any atom is -0.504 e. The van der Waals surface area contributed by atoms with Gasteiger partial charge in [-0.05, 0) is 42.8 Å². The molecule has 264 valence electrons. The van der Waals surface area contributed by atoms with Gasteiger partial charge in [-0.25, -0.2) is 4.79 Å². The van der Waals surface area contributed by atoms with E-state index >= 15 is 0 Å². The van der Waals surface area contributed by atoms with Crippen LogP contribution >= 0.6 is 0 Å². The Balaban J connectivity index is 1.79. The third-order valence-electron chi connectivity index (χ3n) is 8.00. The zero-order valence-electron chi connectivity index (χ0n) is 28.6. The van der Waals surface area contributed by atoms with E-state index in [1.807, 2.05) is 0 Å². The summed E-state index contributed by atoms with van der Waals surface area (Å²) in [5.74, 6) is -0.744. The van der Waals surface area contributed by atoms with Gasteiger partial charge in [-0.2, -0.15) is 0 Å². The van der Waals surface area contributed by atoms with Crippen LogP contribution in [0.5, 0.6) is 51.7 Å². The summed E-state index contributed by atoms with van der Waals surface area (Å²) in [5, 5.41) is 23.6. The summed E-state index contributed by atoms with van der Waals surface area (Å²) in [6.07, 6.45) is -2.87. The van der Waals surface area contributed by atoms with Gasteiger partial charge in [0, 0.05) is 17.0 Å². The second kappa shape index (κ2) is 14.2. The molecule has 3 aromatic carbocycles. The van der Waals surface area contributed by atoms with Crippen molar-refractivity contribution in [2.24, 2.45) is 0 Å². The van der Waals surface area contributed by atoms with Crippen LogP contribution in [-0.2, 0) is 0 Å². The number of benzene rings is 3. The van der Waals surface area contributed by atoms with Gasteiger partial charge < -0.3 is 56.9 Å². The Labute approximate surface area is 285 Å². The maximum Gasteiger partial charge on any atom is 0.336 e. The average Bonchev–Trinajstić information content (AvgIpc) is 3.11. The van der Waals surface area contributed by atoms with Crippen LogP contribution in [0.3, 0.4) is 0 Å². The lowest BCUT2D eigenvalue weighted by atomic mass is 9.96. The standard InChI is InChI=1S/C36H36O14/c1-16(2)28(25(38)23-19(41-3)12-10-17-11-13-22(37)48-29(17)23)49-36-34(46-8)27(40)24-26(39)33(45-7)30(50-32(24)35(36)47-9)18-14-20(42-4)31(44-6)21(15-18)43-5/h10-15,25,28,38,40H,1H2,2-9H3/t25-,28+/m0/s1. The summed E-state index contributed by atoms with van der Waals surface area (Å²) >= 11 is 0. The van der Waals surface area contributed by atoms with Crippen LogP contribution in [0.2, 0.25) is 0 Å². The molecule has 0 aliphatic heterocycles. The number of phenols is 1. The Kier molecular flexibility index (Phi) is 10.0. The minimum absolute atomic E-state index is 0.0626. The zero-order chi connectivity index (χ0) is 36.4. The monoisotopic (exact) mass is 692 g/mol. The zero-order valence-corrected chi connectivity index (χ0v) is 28.6. The fraction of sp³-hybridized carbons (Fsp3) is 0.278. The van der Waals surface area contributed by atoms with Crippen molar-refractivity contribution >= 4 is 21.9 Å². The van der Waals surface area contributed by atoms with Crippen molar-refractivity contribution in [3.05, 3.63) is 74.8 Å². The molecule has 2 aromatic heterocycles. The van der Waals surface area contributed by atoms with E-state index in [0.717, 1.165) is 0 Å². The number of fused-ring (bicyclic) bond motifs is 2. The van der Waals surface area contributed by atoms with Crippen LogP contribution in [-0.4, -0.2) is 66.1 Å². The number of aliphatic hydroxyl groups excluding tert-OH is 1. The molecule has 50 heavy (non-hydrogen) atoms. The van der Waals surface area contributed by atoms with Gasteiger partial charge in [0.2, 0.25) is 34.2 Å². The van der Waals surface area contributed by atoms with Crippen molar-refractivity contribution in [2.75, 3.05) is 49.8 Å². The molecule has 0 radical (unpaired) electrons. The third kappa shape index (κ3) is 5.83. The van der Waals surface area contributed by atoms with Crippen molar-refractivity contribution in [3.63, 3.8) is 0 Å². The highest BCUT2D eigenvalue weighted by atomic mass is 16.6. The lowest BCUT2D eigenvalue weighted by molar-refractivity contribution is 0.0522.